The Morgan fingerprint density at radius 3 is 1.81 bits per heavy atom. The van der Waals surface area contributed by atoms with Gasteiger partial charge in [0.2, 0.25) is 0 Å². The number of rotatable bonds is 3. The molecule has 224 valence electrons. The van der Waals surface area contributed by atoms with Gasteiger partial charge in [-0.15, -0.1) is 0 Å². The normalized spacial score (nSPS) is 11.9. The van der Waals surface area contributed by atoms with Gasteiger partial charge in [-0.1, -0.05) is 127 Å². The molecule has 8 aromatic carbocycles. The SMILES string of the molecule is Clc1ccc2ccc3oc4cccc(-c5nc(-c6cccc7ccccc67)nc(-c6cc7ccccc7c7ccccc67)n5)c4c3c2c1. The molecule has 0 aliphatic carbocycles. The first-order valence-electron chi connectivity index (χ1n) is 15.9. The minimum absolute atomic E-state index is 0.576. The van der Waals surface area contributed by atoms with Crippen molar-refractivity contribution in [3.63, 3.8) is 0 Å². The molecule has 0 fully saturated rings. The van der Waals surface area contributed by atoms with Crippen molar-refractivity contribution in [3.05, 3.63) is 151 Å². The third-order valence-corrected chi connectivity index (χ3v) is 9.59. The number of hydrogen-bond donors (Lipinski definition) is 0. The van der Waals surface area contributed by atoms with E-state index in [0.29, 0.717) is 22.5 Å². The first-order valence-corrected chi connectivity index (χ1v) is 16.3. The smallest absolute Gasteiger partial charge is 0.164 e. The maximum atomic E-state index is 6.54. The van der Waals surface area contributed by atoms with Crippen molar-refractivity contribution in [3.8, 4) is 34.2 Å². The number of furan rings is 1. The van der Waals surface area contributed by atoms with Crippen LogP contribution in [0.4, 0.5) is 0 Å². The standard InChI is InChI=1S/C43H24ClN3O/c44-28-21-19-26-20-22-38-40(35(26)24-28)39-34(17-8-18-37(39)48-38)42-45-41(33-16-7-11-25-9-1-3-12-29(25)33)46-43(47-42)36-23-27-10-2-4-13-30(27)31-14-5-6-15-32(31)36/h1-24H. The Morgan fingerprint density at radius 2 is 0.958 bits per heavy atom. The van der Waals surface area contributed by atoms with Crippen molar-refractivity contribution in [2.45, 2.75) is 0 Å². The highest BCUT2D eigenvalue weighted by Crippen LogP contribution is 2.41. The molecule has 10 aromatic rings. The van der Waals surface area contributed by atoms with Crippen LogP contribution in [0.2, 0.25) is 5.02 Å². The Balaban J connectivity index is 1.33. The van der Waals surface area contributed by atoms with Gasteiger partial charge in [0.05, 0.1) is 0 Å². The first-order chi connectivity index (χ1) is 23.7. The summed E-state index contributed by atoms with van der Waals surface area (Å²) in [6.07, 6.45) is 0. The maximum absolute atomic E-state index is 6.54. The highest BCUT2D eigenvalue weighted by atomic mass is 35.5. The number of benzene rings is 8. The van der Waals surface area contributed by atoms with E-state index in [-0.39, 0.29) is 0 Å². The van der Waals surface area contributed by atoms with Crippen LogP contribution in [-0.2, 0) is 0 Å². The second-order valence-electron chi connectivity index (χ2n) is 12.1. The molecule has 0 aliphatic rings. The lowest BCUT2D eigenvalue weighted by atomic mass is 9.96. The molecule has 0 spiro atoms. The van der Waals surface area contributed by atoms with Gasteiger partial charge in [-0.25, -0.2) is 15.0 Å². The van der Waals surface area contributed by atoms with Gasteiger partial charge in [-0.2, -0.15) is 0 Å². The molecular weight excluding hydrogens is 610 g/mol. The maximum Gasteiger partial charge on any atom is 0.164 e. The van der Waals surface area contributed by atoms with Crippen molar-refractivity contribution in [1.82, 2.24) is 15.0 Å². The molecule has 2 aromatic heterocycles. The summed E-state index contributed by atoms with van der Waals surface area (Å²) in [6, 6.07) is 49.9. The van der Waals surface area contributed by atoms with E-state index in [2.05, 4.69) is 109 Å². The van der Waals surface area contributed by atoms with Crippen LogP contribution in [0.1, 0.15) is 0 Å². The van der Waals surface area contributed by atoms with E-state index >= 15 is 0 Å². The van der Waals surface area contributed by atoms with Crippen molar-refractivity contribution in [1.29, 1.82) is 0 Å². The molecule has 0 saturated heterocycles. The zero-order valence-corrected chi connectivity index (χ0v) is 26.2. The predicted molar refractivity (Wildman–Crippen MR) is 198 cm³/mol. The molecular formula is C43H24ClN3O. The highest BCUT2D eigenvalue weighted by Gasteiger charge is 2.21. The number of hydrogen-bond acceptors (Lipinski definition) is 4. The van der Waals surface area contributed by atoms with Crippen molar-refractivity contribution < 1.29 is 4.42 Å². The Bertz CT molecular complexity index is 2920. The molecule has 0 aliphatic heterocycles. The Kier molecular flexibility index (Phi) is 5.90. The average molecular weight is 634 g/mol. The fourth-order valence-electron chi connectivity index (χ4n) is 7.19. The minimum Gasteiger partial charge on any atom is -0.456 e. The molecule has 2 heterocycles. The average Bonchev–Trinajstić information content (AvgIpc) is 3.54. The van der Waals surface area contributed by atoms with Crippen LogP contribution < -0.4 is 0 Å². The van der Waals surface area contributed by atoms with Crippen LogP contribution in [0.3, 0.4) is 0 Å². The van der Waals surface area contributed by atoms with Gasteiger partial charge in [0.25, 0.3) is 0 Å². The Hall–Kier alpha value is -6.10. The molecule has 4 nitrogen and oxygen atoms in total. The third-order valence-electron chi connectivity index (χ3n) is 9.36. The fraction of sp³-hybridized carbons (Fsp3) is 0. The molecule has 0 bridgehead atoms. The van der Waals surface area contributed by atoms with Crippen LogP contribution in [0.15, 0.2) is 150 Å². The molecule has 10 rings (SSSR count). The van der Waals surface area contributed by atoms with E-state index in [9.17, 15) is 0 Å². The quantitative estimate of drug-likeness (QED) is 0.182. The second-order valence-corrected chi connectivity index (χ2v) is 12.5. The molecule has 0 radical (unpaired) electrons. The lowest BCUT2D eigenvalue weighted by Gasteiger charge is -2.13. The largest absolute Gasteiger partial charge is 0.456 e. The van der Waals surface area contributed by atoms with Gasteiger partial charge < -0.3 is 4.42 Å². The number of fused-ring (bicyclic) bond motifs is 9. The van der Waals surface area contributed by atoms with E-state index in [1.54, 1.807) is 0 Å². The monoisotopic (exact) mass is 633 g/mol. The van der Waals surface area contributed by atoms with E-state index in [4.69, 9.17) is 31.0 Å². The summed E-state index contributed by atoms with van der Waals surface area (Å²) in [5.41, 5.74) is 4.32. The molecule has 5 heteroatoms. The molecule has 0 saturated carbocycles. The number of halogens is 1. The van der Waals surface area contributed by atoms with Crippen molar-refractivity contribution in [2.24, 2.45) is 0 Å². The highest BCUT2D eigenvalue weighted by molar-refractivity contribution is 6.32. The third kappa shape index (κ3) is 4.13. The number of aromatic nitrogens is 3. The summed E-state index contributed by atoms with van der Waals surface area (Å²) in [4.78, 5) is 15.8. The van der Waals surface area contributed by atoms with Crippen LogP contribution in [-0.4, -0.2) is 15.0 Å². The summed E-state index contributed by atoms with van der Waals surface area (Å²) in [6.45, 7) is 0. The lowest BCUT2D eigenvalue weighted by Crippen LogP contribution is -2.01. The zero-order valence-electron chi connectivity index (χ0n) is 25.5. The fourth-order valence-corrected chi connectivity index (χ4v) is 7.36. The lowest BCUT2D eigenvalue weighted by molar-refractivity contribution is 0.669. The summed E-state index contributed by atoms with van der Waals surface area (Å²) in [5.74, 6) is 1.80. The van der Waals surface area contributed by atoms with Gasteiger partial charge in [0.15, 0.2) is 17.5 Å². The molecule has 0 atom stereocenters. The Labute approximate surface area is 279 Å². The van der Waals surface area contributed by atoms with E-state index < -0.39 is 0 Å². The summed E-state index contributed by atoms with van der Waals surface area (Å²) in [7, 11) is 0. The molecule has 0 unspecified atom stereocenters. The van der Waals surface area contributed by atoms with Gasteiger partial charge >= 0.3 is 0 Å². The summed E-state index contributed by atoms with van der Waals surface area (Å²) < 4.78 is 6.44. The van der Waals surface area contributed by atoms with E-state index in [0.717, 1.165) is 76.3 Å². The van der Waals surface area contributed by atoms with E-state index in [1.807, 2.05) is 36.4 Å². The topological polar surface area (TPSA) is 51.8 Å². The van der Waals surface area contributed by atoms with Gasteiger partial charge in [0.1, 0.15) is 11.2 Å². The van der Waals surface area contributed by atoms with Gasteiger partial charge in [0, 0.05) is 32.5 Å². The zero-order chi connectivity index (χ0) is 31.8. The van der Waals surface area contributed by atoms with Crippen molar-refractivity contribution >= 4 is 76.6 Å². The van der Waals surface area contributed by atoms with Crippen molar-refractivity contribution in [2.75, 3.05) is 0 Å². The second kappa shape index (κ2) is 10.5. The number of nitrogens with zero attached hydrogens (tertiary/aromatic N) is 3. The van der Waals surface area contributed by atoms with Crippen LogP contribution in [0.5, 0.6) is 0 Å². The molecule has 0 amide bonds. The van der Waals surface area contributed by atoms with Crippen LogP contribution in [0.25, 0.3) is 99.2 Å². The summed E-state index contributed by atoms with van der Waals surface area (Å²) >= 11 is 6.54. The van der Waals surface area contributed by atoms with Gasteiger partial charge in [-0.05, 0) is 73.4 Å². The van der Waals surface area contributed by atoms with E-state index in [1.165, 1.54) is 5.39 Å². The van der Waals surface area contributed by atoms with Gasteiger partial charge in [-0.3, -0.25) is 0 Å². The minimum atomic E-state index is 0.576. The Morgan fingerprint density at radius 1 is 0.375 bits per heavy atom. The first kappa shape index (κ1) is 27.1. The van der Waals surface area contributed by atoms with Crippen LogP contribution in [0, 0.1) is 0 Å². The predicted octanol–water partition coefficient (Wildman–Crippen LogP) is 12.0. The summed E-state index contributed by atoms with van der Waals surface area (Å²) in [5, 5.41) is 11.5. The van der Waals surface area contributed by atoms with Crippen LogP contribution >= 0.6 is 11.6 Å². The molecule has 48 heavy (non-hydrogen) atoms. The molecule has 0 N–H and O–H groups in total.